The smallest absolute Gasteiger partial charge is 0.251 e. The largest absolute Gasteiger partial charge is 0.497 e. The van der Waals surface area contributed by atoms with Gasteiger partial charge in [-0.15, -0.1) is 22.7 Å². The molecule has 1 unspecified atom stereocenters. The Labute approximate surface area is 148 Å². The number of benzene rings is 1. The van der Waals surface area contributed by atoms with Crippen LogP contribution in [0, 0.1) is 0 Å². The quantitative estimate of drug-likeness (QED) is 0.703. The molecule has 0 bridgehead atoms. The molecule has 2 aromatic heterocycles. The van der Waals surface area contributed by atoms with Gasteiger partial charge < -0.3 is 15.2 Å². The Morgan fingerprint density at radius 1 is 1.17 bits per heavy atom. The van der Waals surface area contributed by atoms with Crippen LogP contribution in [0.25, 0.3) is 0 Å². The number of hydrogen-bond donors (Lipinski definition) is 2. The molecule has 0 aliphatic carbocycles. The van der Waals surface area contributed by atoms with Gasteiger partial charge in [0.25, 0.3) is 5.91 Å². The molecule has 0 spiro atoms. The molecule has 0 saturated carbocycles. The summed E-state index contributed by atoms with van der Waals surface area (Å²) in [4.78, 5) is 15.0. The van der Waals surface area contributed by atoms with E-state index in [1.165, 1.54) is 22.7 Å². The summed E-state index contributed by atoms with van der Waals surface area (Å²) in [7, 11) is 1.59. The normalized spacial score (nSPS) is 11.9. The Hall–Kier alpha value is -2.15. The van der Waals surface area contributed by atoms with E-state index in [4.69, 9.17) is 4.74 Å². The zero-order valence-electron chi connectivity index (χ0n) is 13.1. The number of aliphatic hydroxyl groups is 1. The minimum Gasteiger partial charge on any atom is -0.497 e. The number of carbonyl (C=O) groups excluding carboxylic acids is 1. The van der Waals surface area contributed by atoms with Gasteiger partial charge in [0.2, 0.25) is 0 Å². The molecular weight excluding hydrogens is 342 g/mol. The summed E-state index contributed by atoms with van der Waals surface area (Å²) in [6.45, 7) is 0.437. The summed E-state index contributed by atoms with van der Waals surface area (Å²) in [5.74, 6) is 0.587. The molecule has 3 rings (SSSR count). The van der Waals surface area contributed by atoms with E-state index in [1.54, 1.807) is 31.4 Å². The summed E-state index contributed by atoms with van der Waals surface area (Å²) in [5, 5.41) is 15.2. The lowest BCUT2D eigenvalue weighted by Crippen LogP contribution is -2.22. The average molecular weight is 359 g/mol. The van der Waals surface area contributed by atoms with Crippen LogP contribution in [0.3, 0.4) is 0 Å². The third kappa shape index (κ3) is 3.84. The van der Waals surface area contributed by atoms with Gasteiger partial charge in [-0.25, -0.2) is 0 Å². The number of rotatable bonds is 6. The van der Waals surface area contributed by atoms with Crippen molar-refractivity contribution in [3.63, 3.8) is 0 Å². The van der Waals surface area contributed by atoms with Crippen molar-refractivity contribution in [2.45, 2.75) is 12.6 Å². The summed E-state index contributed by atoms with van der Waals surface area (Å²) in [5.41, 5.74) is 0.589. The zero-order valence-corrected chi connectivity index (χ0v) is 14.7. The first kappa shape index (κ1) is 16.7. The van der Waals surface area contributed by atoms with E-state index in [2.05, 4.69) is 5.32 Å². The number of amides is 1. The van der Waals surface area contributed by atoms with Gasteiger partial charge in [0.05, 0.1) is 13.7 Å². The number of thiophene rings is 2. The standard InChI is InChI=1S/C18H17NO3S2/c1-22-13-6-4-12(5-7-13)18(21)19-11-14-8-9-16(24-14)17(20)15-3-2-10-23-15/h2-10,17,20H,11H2,1H3,(H,19,21). The lowest BCUT2D eigenvalue weighted by molar-refractivity contribution is 0.0951. The first-order valence-corrected chi connectivity index (χ1v) is 9.09. The van der Waals surface area contributed by atoms with Crippen molar-refractivity contribution in [3.05, 3.63) is 74.1 Å². The van der Waals surface area contributed by atoms with Gasteiger partial charge in [0.15, 0.2) is 0 Å². The number of ether oxygens (including phenoxy) is 1. The van der Waals surface area contributed by atoms with Gasteiger partial charge in [-0.3, -0.25) is 4.79 Å². The highest BCUT2D eigenvalue weighted by molar-refractivity contribution is 7.12. The van der Waals surface area contributed by atoms with Gasteiger partial charge >= 0.3 is 0 Å². The van der Waals surface area contributed by atoms with Crippen LogP contribution in [0.2, 0.25) is 0 Å². The number of carbonyl (C=O) groups is 1. The molecule has 1 amide bonds. The van der Waals surface area contributed by atoms with Crippen LogP contribution in [-0.2, 0) is 6.54 Å². The van der Waals surface area contributed by atoms with Crippen LogP contribution in [0.5, 0.6) is 5.75 Å². The molecule has 3 aromatic rings. The Morgan fingerprint density at radius 2 is 1.96 bits per heavy atom. The predicted molar refractivity (Wildman–Crippen MR) is 96.9 cm³/mol. The Balaban J connectivity index is 1.59. The maximum atomic E-state index is 12.2. The Morgan fingerprint density at radius 3 is 2.62 bits per heavy atom. The van der Waals surface area contributed by atoms with Crippen molar-refractivity contribution in [2.24, 2.45) is 0 Å². The Bertz CT molecular complexity index is 794. The van der Waals surface area contributed by atoms with Gasteiger partial charge in [0, 0.05) is 20.2 Å². The highest BCUT2D eigenvalue weighted by Crippen LogP contribution is 2.30. The fraction of sp³-hybridized carbons (Fsp3) is 0.167. The molecule has 2 heterocycles. The summed E-state index contributed by atoms with van der Waals surface area (Å²) < 4.78 is 5.08. The first-order valence-electron chi connectivity index (χ1n) is 7.39. The summed E-state index contributed by atoms with van der Waals surface area (Å²) >= 11 is 3.03. The van der Waals surface area contributed by atoms with E-state index >= 15 is 0 Å². The van der Waals surface area contributed by atoms with E-state index in [0.717, 1.165) is 20.4 Å². The van der Waals surface area contributed by atoms with Crippen LogP contribution in [0.15, 0.2) is 53.9 Å². The van der Waals surface area contributed by atoms with E-state index in [1.807, 2.05) is 29.6 Å². The number of nitrogens with one attached hydrogen (secondary N) is 1. The predicted octanol–water partition coefficient (Wildman–Crippen LogP) is 3.83. The molecule has 0 aliphatic heterocycles. The highest BCUT2D eigenvalue weighted by atomic mass is 32.1. The summed E-state index contributed by atoms with van der Waals surface area (Å²) in [6, 6.07) is 14.7. The molecule has 4 nitrogen and oxygen atoms in total. The molecular formula is C18H17NO3S2. The topological polar surface area (TPSA) is 58.6 Å². The third-order valence-electron chi connectivity index (χ3n) is 3.54. The third-order valence-corrected chi connectivity index (χ3v) is 5.60. The lowest BCUT2D eigenvalue weighted by Gasteiger charge is -2.06. The molecule has 124 valence electrons. The molecule has 24 heavy (non-hydrogen) atoms. The van der Waals surface area contributed by atoms with Gasteiger partial charge in [-0.1, -0.05) is 6.07 Å². The average Bonchev–Trinajstić information content (AvgIpc) is 3.31. The van der Waals surface area contributed by atoms with Crippen molar-refractivity contribution in [2.75, 3.05) is 7.11 Å². The number of hydrogen-bond acceptors (Lipinski definition) is 5. The fourth-order valence-corrected chi connectivity index (χ4v) is 4.00. The maximum absolute atomic E-state index is 12.2. The molecule has 0 saturated heterocycles. The molecule has 0 aliphatic rings. The second-order valence-corrected chi connectivity index (χ2v) is 7.31. The second-order valence-electron chi connectivity index (χ2n) is 5.13. The van der Waals surface area contributed by atoms with Crippen LogP contribution in [-0.4, -0.2) is 18.1 Å². The van der Waals surface area contributed by atoms with Crippen molar-refractivity contribution >= 4 is 28.6 Å². The maximum Gasteiger partial charge on any atom is 0.251 e. The van der Waals surface area contributed by atoms with E-state index in [0.29, 0.717) is 12.1 Å². The molecule has 1 atom stereocenters. The van der Waals surface area contributed by atoms with Gasteiger partial charge in [0.1, 0.15) is 11.9 Å². The Kier molecular flexibility index (Phi) is 5.30. The van der Waals surface area contributed by atoms with Crippen LogP contribution >= 0.6 is 22.7 Å². The van der Waals surface area contributed by atoms with Crippen molar-refractivity contribution in [1.82, 2.24) is 5.32 Å². The fourth-order valence-electron chi connectivity index (χ4n) is 2.24. The van der Waals surface area contributed by atoms with Crippen molar-refractivity contribution < 1.29 is 14.6 Å². The summed E-state index contributed by atoms with van der Waals surface area (Å²) in [6.07, 6.45) is -0.596. The van der Waals surface area contributed by atoms with Crippen molar-refractivity contribution in [3.8, 4) is 5.75 Å². The van der Waals surface area contributed by atoms with E-state index in [-0.39, 0.29) is 5.91 Å². The lowest BCUT2D eigenvalue weighted by atomic mass is 10.2. The monoisotopic (exact) mass is 359 g/mol. The van der Waals surface area contributed by atoms with Gasteiger partial charge in [-0.05, 0) is 47.8 Å². The molecule has 0 fully saturated rings. The van der Waals surface area contributed by atoms with E-state index < -0.39 is 6.10 Å². The van der Waals surface area contributed by atoms with Crippen LogP contribution < -0.4 is 10.1 Å². The minimum atomic E-state index is -0.596. The number of methoxy groups -OCH3 is 1. The van der Waals surface area contributed by atoms with Gasteiger partial charge in [-0.2, -0.15) is 0 Å². The molecule has 1 aromatic carbocycles. The zero-order chi connectivity index (χ0) is 16.9. The SMILES string of the molecule is COc1ccc(C(=O)NCc2ccc(C(O)c3cccs3)s2)cc1. The second kappa shape index (κ2) is 7.61. The molecule has 0 radical (unpaired) electrons. The highest BCUT2D eigenvalue weighted by Gasteiger charge is 2.14. The first-order chi connectivity index (χ1) is 11.7. The minimum absolute atomic E-state index is 0.133. The van der Waals surface area contributed by atoms with Crippen LogP contribution in [0.1, 0.15) is 31.1 Å². The number of aliphatic hydroxyl groups excluding tert-OH is 1. The van der Waals surface area contributed by atoms with E-state index in [9.17, 15) is 9.90 Å². The van der Waals surface area contributed by atoms with Crippen molar-refractivity contribution in [1.29, 1.82) is 0 Å². The molecule has 2 N–H and O–H groups in total. The van der Waals surface area contributed by atoms with Crippen LogP contribution in [0.4, 0.5) is 0 Å². The molecule has 6 heteroatoms.